The van der Waals surface area contributed by atoms with Crippen molar-refractivity contribution < 1.29 is 41.5 Å². The van der Waals surface area contributed by atoms with Crippen molar-refractivity contribution in [1.29, 1.82) is 0 Å². The lowest BCUT2D eigenvalue weighted by molar-refractivity contribution is -0.385. The molecule has 1 aliphatic rings. The monoisotopic (exact) mass is 608 g/mol. The average molecular weight is 609 g/mol. The SMILES string of the molecule is CC(C)(CNC(=O)OCc1ccc([N+](=O)[O-])cc1)C[C@@H]1C[C@@H](OS(C)(=O)=O)CN1C(=O)OCc1ccc([N+](=O)[O-])cc1. The van der Waals surface area contributed by atoms with Crippen LogP contribution in [0.3, 0.4) is 0 Å². The van der Waals surface area contributed by atoms with E-state index in [0.29, 0.717) is 17.5 Å². The van der Waals surface area contributed by atoms with Gasteiger partial charge in [-0.25, -0.2) is 9.59 Å². The predicted octanol–water partition coefficient (Wildman–Crippen LogP) is 3.90. The number of alkyl carbamates (subject to hydrolysis) is 1. The minimum Gasteiger partial charge on any atom is -0.445 e. The summed E-state index contributed by atoms with van der Waals surface area (Å²) in [6, 6.07) is 10.6. The van der Waals surface area contributed by atoms with Crippen LogP contribution >= 0.6 is 0 Å². The number of carbonyl (C=O) groups is 2. The van der Waals surface area contributed by atoms with Crippen LogP contribution in [0.1, 0.15) is 37.8 Å². The van der Waals surface area contributed by atoms with Crippen molar-refractivity contribution in [1.82, 2.24) is 10.2 Å². The lowest BCUT2D eigenvalue weighted by atomic mass is 9.84. The van der Waals surface area contributed by atoms with Gasteiger partial charge in [-0.1, -0.05) is 13.8 Å². The van der Waals surface area contributed by atoms with Crippen LogP contribution in [0.5, 0.6) is 0 Å². The molecule has 2 amide bonds. The summed E-state index contributed by atoms with van der Waals surface area (Å²) in [7, 11) is -3.79. The minimum absolute atomic E-state index is 0.0301. The number of ether oxygens (including phenoxy) is 2. The molecule has 16 heteroatoms. The van der Waals surface area contributed by atoms with Gasteiger partial charge in [0.15, 0.2) is 0 Å². The third-order valence-corrected chi connectivity index (χ3v) is 7.07. The highest BCUT2D eigenvalue weighted by atomic mass is 32.2. The summed E-state index contributed by atoms with van der Waals surface area (Å²) in [4.78, 5) is 47.2. The Morgan fingerprint density at radius 3 is 1.93 bits per heavy atom. The third-order valence-electron chi connectivity index (χ3n) is 6.45. The zero-order valence-corrected chi connectivity index (χ0v) is 24.1. The highest BCUT2D eigenvalue weighted by molar-refractivity contribution is 7.86. The van der Waals surface area contributed by atoms with E-state index in [1.807, 2.05) is 13.8 Å². The number of rotatable bonds is 12. The predicted molar refractivity (Wildman–Crippen MR) is 148 cm³/mol. The number of likely N-dealkylation sites (tertiary alicyclic amines) is 1. The molecule has 0 saturated carbocycles. The molecule has 0 radical (unpaired) electrons. The number of hydrogen-bond donors (Lipinski definition) is 1. The average Bonchev–Trinajstić information content (AvgIpc) is 3.29. The molecule has 1 fully saturated rings. The largest absolute Gasteiger partial charge is 0.445 e. The van der Waals surface area contributed by atoms with Crippen LogP contribution in [0.25, 0.3) is 0 Å². The lowest BCUT2D eigenvalue weighted by Gasteiger charge is -2.32. The number of amides is 2. The summed E-state index contributed by atoms with van der Waals surface area (Å²) in [6.45, 7) is 3.60. The van der Waals surface area contributed by atoms with E-state index in [0.717, 1.165) is 6.26 Å². The maximum atomic E-state index is 13.0. The van der Waals surface area contributed by atoms with Gasteiger partial charge in [-0.2, -0.15) is 8.42 Å². The quantitative estimate of drug-likeness (QED) is 0.208. The van der Waals surface area contributed by atoms with Crippen molar-refractivity contribution >= 4 is 33.7 Å². The Morgan fingerprint density at radius 2 is 1.45 bits per heavy atom. The Bertz CT molecular complexity index is 1400. The smallest absolute Gasteiger partial charge is 0.410 e. The second-order valence-electron chi connectivity index (χ2n) is 10.7. The van der Waals surface area contributed by atoms with Gasteiger partial charge in [0.25, 0.3) is 21.5 Å². The van der Waals surface area contributed by atoms with Gasteiger partial charge in [0.1, 0.15) is 13.2 Å². The van der Waals surface area contributed by atoms with Crippen LogP contribution in [0.4, 0.5) is 21.0 Å². The molecule has 1 saturated heterocycles. The van der Waals surface area contributed by atoms with E-state index in [-0.39, 0.29) is 44.1 Å². The van der Waals surface area contributed by atoms with E-state index in [4.69, 9.17) is 13.7 Å². The molecule has 2 aromatic carbocycles. The first-order valence-corrected chi connectivity index (χ1v) is 14.6. The van der Waals surface area contributed by atoms with Gasteiger partial charge in [-0.3, -0.25) is 24.4 Å². The number of non-ortho nitro benzene ring substituents is 2. The molecule has 42 heavy (non-hydrogen) atoms. The highest BCUT2D eigenvalue weighted by Crippen LogP contribution is 2.32. The van der Waals surface area contributed by atoms with Crippen molar-refractivity contribution in [2.45, 2.75) is 52.0 Å². The topological polar surface area (TPSA) is 198 Å². The number of nitro benzene ring substituents is 2. The summed E-state index contributed by atoms with van der Waals surface area (Å²) in [6.07, 6.45) is -0.699. The second kappa shape index (κ2) is 13.6. The lowest BCUT2D eigenvalue weighted by Crippen LogP contribution is -2.42. The van der Waals surface area contributed by atoms with Gasteiger partial charge in [0.05, 0.1) is 28.8 Å². The molecule has 2 aromatic rings. The molecule has 0 aromatic heterocycles. The summed E-state index contributed by atoms with van der Waals surface area (Å²) in [5.74, 6) is 0. The van der Waals surface area contributed by atoms with Gasteiger partial charge in [-0.05, 0) is 53.6 Å². The maximum Gasteiger partial charge on any atom is 0.410 e. The number of nitrogens with one attached hydrogen (secondary N) is 1. The molecule has 228 valence electrons. The molecule has 3 rings (SSSR count). The van der Waals surface area contributed by atoms with E-state index < -0.39 is 49.7 Å². The Kier molecular flexibility index (Phi) is 10.4. The van der Waals surface area contributed by atoms with Gasteiger partial charge < -0.3 is 19.7 Å². The molecular formula is C26H32N4O11S. The van der Waals surface area contributed by atoms with Crippen LogP contribution in [0.2, 0.25) is 0 Å². The Balaban J connectivity index is 1.57. The Morgan fingerprint density at radius 1 is 0.952 bits per heavy atom. The summed E-state index contributed by atoms with van der Waals surface area (Å²) < 4.78 is 39.2. The summed E-state index contributed by atoms with van der Waals surface area (Å²) >= 11 is 0. The molecule has 1 aliphatic heterocycles. The summed E-state index contributed by atoms with van der Waals surface area (Å²) in [5, 5.41) is 24.3. The van der Waals surface area contributed by atoms with E-state index in [2.05, 4.69) is 5.32 Å². The molecule has 0 bridgehead atoms. The Hall–Kier alpha value is -4.31. The van der Waals surface area contributed by atoms with Crippen molar-refractivity contribution in [2.75, 3.05) is 19.3 Å². The van der Waals surface area contributed by atoms with Crippen molar-refractivity contribution in [3.63, 3.8) is 0 Å². The molecule has 2 atom stereocenters. The van der Waals surface area contributed by atoms with E-state index in [1.165, 1.54) is 53.4 Å². The number of carbonyl (C=O) groups excluding carboxylic acids is 2. The van der Waals surface area contributed by atoms with Crippen LogP contribution in [0, 0.1) is 25.6 Å². The fourth-order valence-corrected chi connectivity index (χ4v) is 5.12. The normalized spacial score (nSPS) is 17.0. The van der Waals surface area contributed by atoms with Gasteiger partial charge in [0.2, 0.25) is 0 Å². The number of nitro groups is 2. The molecular weight excluding hydrogens is 576 g/mol. The summed E-state index contributed by atoms with van der Waals surface area (Å²) in [5.41, 5.74) is 0.349. The molecule has 15 nitrogen and oxygen atoms in total. The van der Waals surface area contributed by atoms with Crippen LogP contribution in [-0.4, -0.2) is 66.8 Å². The number of hydrogen-bond acceptors (Lipinski definition) is 11. The Labute approximate surface area is 242 Å². The fraction of sp³-hybridized carbons (Fsp3) is 0.462. The number of nitrogens with zero attached hydrogens (tertiary/aromatic N) is 3. The first kappa shape index (κ1) is 32.2. The minimum atomic E-state index is -3.79. The highest BCUT2D eigenvalue weighted by Gasteiger charge is 2.41. The van der Waals surface area contributed by atoms with E-state index in [1.54, 1.807) is 0 Å². The molecule has 0 aliphatic carbocycles. The third kappa shape index (κ3) is 9.95. The van der Waals surface area contributed by atoms with Crippen LogP contribution < -0.4 is 5.32 Å². The maximum absolute atomic E-state index is 13.0. The number of benzene rings is 2. The van der Waals surface area contributed by atoms with Crippen molar-refractivity contribution in [3.8, 4) is 0 Å². The standard InChI is InChI=1S/C26H32N4O11S/c1-26(2,17-27-24(31)39-15-18-4-8-20(9-5-18)29(33)34)13-22-12-23(41-42(3,37)38)14-28(22)25(32)40-16-19-6-10-21(11-7-19)30(35)36/h4-11,22-23H,12-17H2,1-3H3,(H,27,31)/t22-,23+/m0/s1. The van der Waals surface area contributed by atoms with E-state index in [9.17, 15) is 38.2 Å². The first-order valence-electron chi connectivity index (χ1n) is 12.8. The van der Waals surface area contributed by atoms with Crippen LogP contribution in [0.15, 0.2) is 48.5 Å². The fourth-order valence-electron chi connectivity index (χ4n) is 4.48. The molecule has 0 spiro atoms. The van der Waals surface area contributed by atoms with Gasteiger partial charge in [-0.15, -0.1) is 0 Å². The first-order chi connectivity index (χ1) is 19.6. The molecule has 1 N–H and O–H groups in total. The van der Waals surface area contributed by atoms with Crippen LogP contribution in [-0.2, 0) is 37.0 Å². The zero-order chi connectivity index (χ0) is 31.1. The second-order valence-corrected chi connectivity index (χ2v) is 12.3. The molecule has 0 unspecified atom stereocenters. The molecule has 1 heterocycles. The van der Waals surface area contributed by atoms with E-state index >= 15 is 0 Å². The van der Waals surface area contributed by atoms with Crippen molar-refractivity contribution in [2.24, 2.45) is 5.41 Å². The van der Waals surface area contributed by atoms with Gasteiger partial charge >= 0.3 is 12.2 Å². The zero-order valence-electron chi connectivity index (χ0n) is 23.3. The van der Waals surface area contributed by atoms with Gasteiger partial charge in [0, 0.05) is 36.9 Å². The van der Waals surface area contributed by atoms with Crippen molar-refractivity contribution in [3.05, 3.63) is 79.9 Å².